The van der Waals surface area contributed by atoms with Crippen LogP contribution in [0.25, 0.3) is 10.9 Å². The molecule has 0 spiro atoms. The van der Waals surface area contributed by atoms with Gasteiger partial charge < -0.3 is 0 Å². The normalized spacial score (nSPS) is 9.15. The molecule has 0 aliphatic heterocycles. The maximum absolute atomic E-state index is 3.99. The quantitative estimate of drug-likeness (QED) is 0.613. The fourth-order valence-electron chi connectivity index (χ4n) is 1.09. The van der Waals surface area contributed by atoms with Crippen LogP contribution in [0.15, 0.2) is 30.5 Å². The Labute approximate surface area is 78.6 Å². The predicted octanol–water partition coefficient (Wildman–Crippen LogP) is 2.96. The highest BCUT2D eigenvalue weighted by Gasteiger charge is 1.91. The first-order chi connectivity index (χ1) is 6.36. The predicted molar refractivity (Wildman–Crippen MR) is 55.6 cm³/mol. The highest BCUT2D eigenvalue weighted by molar-refractivity contribution is 5.78. The van der Waals surface area contributed by atoms with Crippen LogP contribution in [0.2, 0.25) is 0 Å². The largest absolute Gasteiger partial charge is 0.159 e. The van der Waals surface area contributed by atoms with Crippen LogP contribution < -0.4 is 0 Å². The van der Waals surface area contributed by atoms with Crippen molar-refractivity contribution in [2.45, 2.75) is 20.8 Å². The van der Waals surface area contributed by atoms with E-state index in [1.807, 2.05) is 32.9 Å². The van der Waals surface area contributed by atoms with Gasteiger partial charge in [0, 0.05) is 5.39 Å². The molecular formula is C11H14N2. The number of hydrogen-bond donors (Lipinski definition) is 0. The molecule has 0 amide bonds. The van der Waals surface area contributed by atoms with Crippen molar-refractivity contribution < 1.29 is 0 Å². The minimum Gasteiger partial charge on any atom is -0.159 e. The maximum atomic E-state index is 3.99. The molecule has 0 saturated heterocycles. The number of rotatable bonds is 0. The molecule has 2 rings (SSSR count). The molecule has 2 heteroatoms. The molecule has 1 aromatic heterocycles. The Kier molecular flexibility index (Phi) is 3.38. The summed E-state index contributed by atoms with van der Waals surface area (Å²) in [6, 6.07) is 8.12. The minimum absolute atomic E-state index is 0.965. The minimum atomic E-state index is 0.965. The van der Waals surface area contributed by atoms with Gasteiger partial charge >= 0.3 is 0 Å². The highest BCUT2D eigenvalue weighted by atomic mass is 15.1. The summed E-state index contributed by atoms with van der Waals surface area (Å²) in [6.45, 7) is 6.05. The lowest BCUT2D eigenvalue weighted by molar-refractivity contribution is 1.07. The Balaban J connectivity index is 0.000000396. The van der Waals surface area contributed by atoms with Gasteiger partial charge in [-0.3, -0.25) is 0 Å². The molecule has 0 radical (unpaired) electrons. The average Bonchev–Trinajstić information content (AvgIpc) is 2.21. The van der Waals surface area contributed by atoms with Gasteiger partial charge in [0.15, 0.2) is 0 Å². The third-order valence-electron chi connectivity index (χ3n) is 1.67. The van der Waals surface area contributed by atoms with E-state index in [9.17, 15) is 0 Å². The number of benzene rings is 1. The third-order valence-corrected chi connectivity index (χ3v) is 1.67. The Bertz CT molecular complexity index is 383. The van der Waals surface area contributed by atoms with E-state index in [1.165, 1.54) is 5.56 Å². The van der Waals surface area contributed by atoms with Crippen molar-refractivity contribution in [3.63, 3.8) is 0 Å². The molecule has 0 atom stereocenters. The number of hydrogen-bond acceptors (Lipinski definition) is 2. The molecule has 0 saturated carbocycles. The van der Waals surface area contributed by atoms with E-state index >= 15 is 0 Å². The SMILES string of the molecule is CC.Cc1ccc2ccnnc2c1. The van der Waals surface area contributed by atoms with Crippen molar-refractivity contribution in [3.8, 4) is 0 Å². The molecule has 2 nitrogen and oxygen atoms in total. The van der Waals surface area contributed by atoms with Crippen LogP contribution in [0.4, 0.5) is 0 Å². The first-order valence-electron chi connectivity index (χ1n) is 4.54. The van der Waals surface area contributed by atoms with Gasteiger partial charge in [-0.25, -0.2) is 0 Å². The van der Waals surface area contributed by atoms with Crippen molar-refractivity contribution in [2.75, 3.05) is 0 Å². The van der Waals surface area contributed by atoms with Crippen LogP contribution in [0.3, 0.4) is 0 Å². The first kappa shape index (κ1) is 9.65. The second kappa shape index (κ2) is 4.55. The van der Waals surface area contributed by atoms with E-state index in [4.69, 9.17) is 0 Å². The van der Waals surface area contributed by atoms with Gasteiger partial charge in [-0.05, 0) is 24.6 Å². The zero-order chi connectivity index (χ0) is 9.68. The molecule has 0 fully saturated rings. The van der Waals surface area contributed by atoms with Gasteiger partial charge in [0.25, 0.3) is 0 Å². The second-order valence-corrected chi connectivity index (χ2v) is 2.59. The second-order valence-electron chi connectivity index (χ2n) is 2.59. The summed E-state index contributed by atoms with van der Waals surface area (Å²) in [5.74, 6) is 0. The summed E-state index contributed by atoms with van der Waals surface area (Å²) >= 11 is 0. The molecule has 0 aliphatic carbocycles. The third kappa shape index (κ3) is 2.25. The van der Waals surface area contributed by atoms with Crippen LogP contribution in [0, 0.1) is 6.92 Å². The molecule has 0 bridgehead atoms. The highest BCUT2D eigenvalue weighted by Crippen LogP contribution is 2.10. The summed E-state index contributed by atoms with van der Waals surface area (Å²) in [4.78, 5) is 0. The van der Waals surface area contributed by atoms with Gasteiger partial charge in [-0.1, -0.05) is 26.0 Å². The van der Waals surface area contributed by atoms with E-state index in [1.54, 1.807) is 6.20 Å². The smallest absolute Gasteiger partial charge is 0.0932 e. The Hall–Kier alpha value is -1.44. The molecule has 1 aromatic carbocycles. The van der Waals surface area contributed by atoms with Crippen molar-refractivity contribution in [3.05, 3.63) is 36.0 Å². The summed E-state index contributed by atoms with van der Waals surface area (Å²) in [5.41, 5.74) is 2.19. The molecule has 2 aromatic rings. The lowest BCUT2D eigenvalue weighted by atomic mass is 10.2. The molecule has 0 aliphatic rings. The van der Waals surface area contributed by atoms with Crippen molar-refractivity contribution >= 4 is 10.9 Å². The van der Waals surface area contributed by atoms with Gasteiger partial charge in [0.1, 0.15) is 0 Å². The van der Waals surface area contributed by atoms with Gasteiger partial charge in [0.05, 0.1) is 11.7 Å². The van der Waals surface area contributed by atoms with Crippen LogP contribution in [0.5, 0.6) is 0 Å². The van der Waals surface area contributed by atoms with E-state index in [-0.39, 0.29) is 0 Å². The Morgan fingerprint density at radius 2 is 1.85 bits per heavy atom. The lowest BCUT2D eigenvalue weighted by Crippen LogP contribution is -1.82. The fraction of sp³-hybridized carbons (Fsp3) is 0.273. The molecule has 0 N–H and O–H groups in total. The zero-order valence-electron chi connectivity index (χ0n) is 8.28. The van der Waals surface area contributed by atoms with Gasteiger partial charge in [0.2, 0.25) is 0 Å². The first-order valence-corrected chi connectivity index (χ1v) is 4.54. The number of aryl methyl sites for hydroxylation is 1. The standard InChI is InChI=1S/C9H8N2.C2H6/c1-7-2-3-8-4-5-10-11-9(8)6-7;1-2/h2-6H,1H3;1-2H3. The van der Waals surface area contributed by atoms with Crippen LogP contribution in [0.1, 0.15) is 19.4 Å². The topological polar surface area (TPSA) is 25.8 Å². The monoisotopic (exact) mass is 174 g/mol. The van der Waals surface area contributed by atoms with E-state index in [2.05, 4.69) is 22.3 Å². The van der Waals surface area contributed by atoms with E-state index < -0.39 is 0 Å². The Morgan fingerprint density at radius 1 is 1.08 bits per heavy atom. The molecular weight excluding hydrogens is 160 g/mol. The summed E-state index contributed by atoms with van der Waals surface area (Å²) < 4.78 is 0. The fourth-order valence-corrected chi connectivity index (χ4v) is 1.09. The number of aromatic nitrogens is 2. The molecule has 13 heavy (non-hydrogen) atoms. The molecule has 1 heterocycles. The van der Waals surface area contributed by atoms with Crippen molar-refractivity contribution in [1.82, 2.24) is 10.2 Å². The van der Waals surface area contributed by atoms with Crippen molar-refractivity contribution in [1.29, 1.82) is 0 Å². The van der Waals surface area contributed by atoms with Crippen LogP contribution in [-0.2, 0) is 0 Å². The van der Waals surface area contributed by atoms with E-state index in [0.29, 0.717) is 0 Å². The Morgan fingerprint density at radius 3 is 2.62 bits per heavy atom. The van der Waals surface area contributed by atoms with Crippen LogP contribution >= 0.6 is 0 Å². The summed E-state index contributed by atoms with van der Waals surface area (Å²) in [7, 11) is 0. The molecule has 0 unspecified atom stereocenters. The van der Waals surface area contributed by atoms with E-state index in [0.717, 1.165) is 10.9 Å². The number of nitrogens with zero attached hydrogens (tertiary/aromatic N) is 2. The van der Waals surface area contributed by atoms with Gasteiger partial charge in [-0.15, -0.1) is 0 Å². The van der Waals surface area contributed by atoms with Gasteiger partial charge in [-0.2, -0.15) is 10.2 Å². The van der Waals surface area contributed by atoms with Crippen LogP contribution in [-0.4, -0.2) is 10.2 Å². The number of fused-ring (bicyclic) bond motifs is 1. The molecule has 68 valence electrons. The maximum Gasteiger partial charge on any atom is 0.0932 e. The zero-order valence-corrected chi connectivity index (χ0v) is 8.28. The average molecular weight is 174 g/mol. The lowest BCUT2D eigenvalue weighted by Gasteiger charge is -1.94. The van der Waals surface area contributed by atoms with Crippen molar-refractivity contribution in [2.24, 2.45) is 0 Å². The summed E-state index contributed by atoms with van der Waals surface area (Å²) in [5, 5.41) is 8.94. The summed E-state index contributed by atoms with van der Waals surface area (Å²) in [6.07, 6.45) is 1.71.